The van der Waals surface area contributed by atoms with Gasteiger partial charge in [0.2, 0.25) is 15.9 Å². The molecule has 1 aromatic carbocycles. The first-order valence-corrected chi connectivity index (χ1v) is 12.6. The molecule has 6 nitrogen and oxygen atoms in total. The van der Waals surface area contributed by atoms with Gasteiger partial charge in [0.25, 0.3) is 0 Å². The molecule has 11 heteroatoms. The van der Waals surface area contributed by atoms with Gasteiger partial charge in [-0.25, -0.2) is 22.5 Å². The molecule has 35 heavy (non-hydrogen) atoms. The topological polar surface area (TPSA) is 88.2 Å². The molecule has 1 heterocycles. The van der Waals surface area contributed by atoms with Gasteiger partial charge in [-0.15, -0.1) is 0 Å². The van der Waals surface area contributed by atoms with E-state index < -0.39 is 39.5 Å². The average Bonchev–Trinajstić information content (AvgIpc) is 2.73. The maximum Gasteiger partial charge on any atom is 0.433 e. The third-order valence-electron chi connectivity index (χ3n) is 4.99. The molecule has 0 saturated carbocycles. The third kappa shape index (κ3) is 9.06. The van der Waals surface area contributed by atoms with Gasteiger partial charge in [0.15, 0.2) is 0 Å². The molecule has 2 aromatic rings. The molecule has 192 valence electrons. The van der Waals surface area contributed by atoms with Gasteiger partial charge in [0.05, 0.1) is 17.9 Å². The molecule has 0 bridgehead atoms. The van der Waals surface area contributed by atoms with Crippen molar-refractivity contribution in [2.75, 3.05) is 6.26 Å². The SMILES string of the molecule is CC(C(=O)NCc1ccc(C(F)(F)F)nc1C=CC(C)(C)C)c1ccc(CNS(C)(=O)=O)c(F)c1. The molecule has 0 radical (unpaired) electrons. The van der Waals surface area contributed by atoms with Gasteiger partial charge in [-0.3, -0.25) is 4.79 Å². The van der Waals surface area contributed by atoms with Crippen LogP contribution in [0.5, 0.6) is 0 Å². The number of nitrogens with one attached hydrogen (secondary N) is 2. The smallest absolute Gasteiger partial charge is 0.351 e. The summed E-state index contributed by atoms with van der Waals surface area (Å²) in [7, 11) is -3.49. The van der Waals surface area contributed by atoms with Crippen molar-refractivity contribution in [2.24, 2.45) is 5.41 Å². The first kappa shape index (κ1) is 28.4. The summed E-state index contributed by atoms with van der Waals surface area (Å²) in [6.45, 7) is 6.93. The molecule has 2 rings (SSSR count). The molecule has 2 N–H and O–H groups in total. The molecule has 0 aliphatic rings. The lowest BCUT2D eigenvalue weighted by Gasteiger charge is -2.16. The monoisotopic (exact) mass is 515 g/mol. The van der Waals surface area contributed by atoms with Crippen molar-refractivity contribution in [3.63, 3.8) is 0 Å². The molecule has 0 aliphatic carbocycles. The third-order valence-corrected chi connectivity index (χ3v) is 5.66. The molecule has 1 aromatic heterocycles. The Hall–Kier alpha value is -2.79. The summed E-state index contributed by atoms with van der Waals surface area (Å²) in [4.78, 5) is 16.4. The number of nitrogens with zero attached hydrogens (tertiary/aromatic N) is 1. The Morgan fingerprint density at radius 2 is 1.71 bits per heavy atom. The average molecular weight is 516 g/mol. The van der Waals surface area contributed by atoms with E-state index in [0.717, 1.165) is 18.4 Å². The van der Waals surface area contributed by atoms with Gasteiger partial charge in [0, 0.05) is 18.7 Å². The van der Waals surface area contributed by atoms with Crippen LogP contribution < -0.4 is 10.0 Å². The number of carbonyl (C=O) groups excluding carboxylic acids is 1. The zero-order chi connectivity index (χ0) is 26.6. The van der Waals surface area contributed by atoms with Gasteiger partial charge < -0.3 is 5.32 Å². The minimum Gasteiger partial charge on any atom is -0.351 e. The van der Waals surface area contributed by atoms with Crippen LogP contribution in [0.4, 0.5) is 17.6 Å². The predicted molar refractivity (Wildman–Crippen MR) is 126 cm³/mol. The Morgan fingerprint density at radius 1 is 1.09 bits per heavy atom. The molecule has 0 aliphatic heterocycles. The standard InChI is InChI=1S/C24H29F4N3O3S/c1-15(16-6-7-17(19(25)12-16)14-30-35(5,33)34)22(32)29-13-18-8-9-21(24(26,27)28)31-20(18)10-11-23(2,3)4/h6-12,15,30H,13-14H2,1-5H3,(H,29,32). The van der Waals surface area contributed by atoms with E-state index in [9.17, 15) is 30.8 Å². The number of hydrogen-bond acceptors (Lipinski definition) is 4. The molecule has 0 fully saturated rings. The fraction of sp³-hybridized carbons (Fsp3) is 0.417. The number of halogens is 4. The van der Waals surface area contributed by atoms with E-state index in [-0.39, 0.29) is 29.8 Å². The van der Waals surface area contributed by atoms with Crippen molar-refractivity contribution in [2.45, 2.75) is 52.9 Å². The number of sulfonamides is 1. The van der Waals surface area contributed by atoms with Crippen LogP contribution in [0.15, 0.2) is 36.4 Å². The van der Waals surface area contributed by atoms with Crippen LogP contribution in [0, 0.1) is 11.2 Å². The number of benzene rings is 1. The molecular formula is C24H29F4N3O3S. The number of alkyl halides is 3. The summed E-state index contributed by atoms with van der Waals surface area (Å²) in [5.74, 6) is -1.89. The summed E-state index contributed by atoms with van der Waals surface area (Å²) >= 11 is 0. The number of aromatic nitrogens is 1. The summed E-state index contributed by atoms with van der Waals surface area (Å²) in [6, 6.07) is 6.19. The van der Waals surface area contributed by atoms with Gasteiger partial charge in [-0.05, 0) is 41.7 Å². The summed E-state index contributed by atoms with van der Waals surface area (Å²) < 4.78 is 78.4. The fourth-order valence-electron chi connectivity index (χ4n) is 2.96. The van der Waals surface area contributed by atoms with Crippen LogP contribution in [0.2, 0.25) is 0 Å². The highest BCUT2D eigenvalue weighted by molar-refractivity contribution is 7.88. The van der Waals surface area contributed by atoms with Crippen molar-refractivity contribution < 1.29 is 30.8 Å². The Balaban J connectivity index is 2.17. The van der Waals surface area contributed by atoms with Crippen molar-refractivity contribution in [1.82, 2.24) is 15.0 Å². The second-order valence-electron chi connectivity index (χ2n) is 9.32. The van der Waals surface area contributed by atoms with E-state index in [0.29, 0.717) is 11.1 Å². The minimum absolute atomic E-state index is 0.0724. The van der Waals surface area contributed by atoms with Crippen molar-refractivity contribution in [3.8, 4) is 0 Å². The second kappa shape index (κ2) is 10.9. The zero-order valence-electron chi connectivity index (χ0n) is 20.1. The fourth-order valence-corrected chi connectivity index (χ4v) is 3.37. The minimum atomic E-state index is -4.60. The first-order chi connectivity index (χ1) is 16.0. The summed E-state index contributed by atoms with van der Waals surface area (Å²) in [5.41, 5.74) is -0.350. The maximum atomic E-state index is 14.4. The van der Waals surface area contributed by atoms with Crippen molar-refractivity contribution >= 4 is 22.0 Å². The van der Waals surface area contributed by atoms with Crippen LogP contribution in [-0.2, 0) is 34.1 Å². The molecular weight excluding hydrogens is 486 g/mol. The van der Waals surface area contributed by atoms with Gasteiger partial charge in [0.1, 0.15) is 11.5 Å². The second-order valence-corrected chi connectivity index (χ2v) is 11.2. The predicted octanol–water partition coefficient (Wildman–Crippen LogP) is 4.77. The van der Waals surface area contributed by atoms with Crippen LogP contribution in [0.25, 0.3) is 6.08 Å². The Labute approximate surface area is 202 Å². The van der Waals surface area contributed by atoms with E-state index in [4.69, 9.17) is 0 Å². The van der Waals surface area contributed by atoms with Gasteiger partial charge >= 0.3 is 6.18 Å². The largest absolute Gasteiger partial charge is 0.433 e. The zero-order valence-corrected chi connectivity index (χ0v) is 20.9. The number of carbonyl (C=O) groups is 1. The molecule has 1 atom stereocenters. The summed E-state index contributed by atoms with van der Waals surface area (Å²) in [6.07, 6.45) is -0.416. The van der Waals surface area contributed by atoms with Crippen LogP contribution >= 0.6 is 0 Å². The van der Waals surface area contributed by atoms with Crippen molar-refractivity contribution in [3.05, 3.63) is 70.3 Å². The highest BCUT2D eigenvalue weighted by atomic mass is 32.2. The number of rotatable bonds is 8. The highest BCUT2D eigenvalue weighted by Gasteiger charge is 2.33. The van der Waals surface area contributed by atoms with Crippen LogP contribution in [-0.4, -0.2) is 25.6 Å². The lowest BCUT2D eigenvalue weighted by atomic mass is 9.95. The quantitative estimate of drug-likeness (QED) is 0.496. The van der Waals surface area contributed by atoms with E-state index >= 15 is 0 Å². The number of hydrogen-bond donors (Lipinski definition) is 2. The van der Waals surface area contributed by atoms with Gasteiger partial charge in [-0.2, -0.15) is 13.2 Å². The first-order valence-electron chi connectivity index (χ1n) is 10.7. The van der Waals surface area contributed by atoms with E-state index in [1.807, 2.05) is 20.8 Å². The Kier molecular flexibility index (Phi) is 8.83. The van der Waals surface area contributed by atoms with Crippen LogP contribution in [0.3, 0.4) is 0 Å². The lowest BCUT2D eigenvalue weighted by molar-refractivity contribution is -0.141. The van der Waals surface area contributed by atoms with E-state index in [2.05, 4.69) is 15.0 Å². The number of pyridine rings is 1. The number of allylic oxidation sites excluding steroid dienone is 1. The van der Waals surface area contributed by atoms with Crippen LogP contribution in [0.1, 0.15) is 61.7 Å². The normalized spacial score (nSPS) is 13.7. The summed E-state index contributed by atoms with van der Waals surface area (Å²) in [5, 5.41) is 2.66. The molecule has 1 amide bonds. The molecule has 0 spiro atoms. The number of amides is 1. The van der Waals surface area contributed by atoms with Crippen molar-refractivity contribution in [1.29, 1.82) is 0 Å². The maximum absolute atomic E-state index is 14.4. The molecule has 1 unspecified atom stereocenters. The highest BCUT2D eigenvalue weighted by Crippen LogP contribution is 2.29. The Morgan fingerprint density at radius 3 is 2.26 bits per heavy atom. The van der Waals surface area contributed by atoms with E-state index in [1.165, 1.54) is 24.3 Å². The van der Waals surface area contributed by atoms with Gasteiger partial charge in [-0.1, -0.05) is 45.0 Å². The molecule has 0 saturated heterocycles. The lowest BCUT2D eigenvalue weighted by Crippen LogP contribution is -2.28. The Bertz CT molecular complexity index is 1200. The van der Waals surface area contributed by atoms with E-state index in [1.54, 1.807) is 13.0 Å².